The number of benzene rings is 1. The molecule has 0 heterocycles. The van der Waals surface area contributed by atoms with E-state index >= 15 is 0 Å². The molecule has 1 aromatic carbocycles. The average molecular weight is 296 g/mol. The Morgan fingerprint density at radius 1 is 1.35 bits per heavy atom. The lowest BCUT2D eigenvalue weighted by Crippen LogP contribution is -2.33. The molecule has 0 aliphatic heterocycles. The number of carboxylic acid groups (broad SMARTS) is 1. The standard InChI is InChI=1S/C15H18ClNO3/c1-2-15(7-3-4-8-15)14(20)17-12-9-10(16)5-6-11(12)13(18)19/h5-6,9H,2-4,7-8H2,1H3,(H,17,20)(H,18,19). The van der Waals surface area contributed by atoms with E-state index in [9.17, 15) is 9.59 Å². The topological polar surface area (TPSA) is 66.4 Å². The first-order valence-corrected chi connectivity index (χ1v) is 7.20. The van der Waals surface area contributed by atoms with Crippen molar-refractivity contribution < 1.29 is 14.7 Å². The van der Waals surface area contributed by atoms with Crippen molar-refractivity contribution >= 4 is 29.2 Å². The maximum Gasteiger partial charge on any atom is 0.337 e. The van der Waals surface area contributed by atoms with E-state index in [1.54, 1.807) is 0 Å². The van der Waals surface area contributed by atoms with Crippen molar-refractivity contribution in [2.75, 3.05) is 5.32 Å². The lowest BCUT2D eigenvalue weighted by atomic mass is 9.82. The zero-order chi connectivity index (χ0) is 14.8. The number of nitrogens with one attached hydrogen (secondary N) is 1. The van der Waals surface area contributed by atoms with Gasteiger partial charge >= 0.3 is 5.97 Å². The molecule has 0 atom stereocenters. The van der Waals surface area contributed by atoms with Crippen LogP contribution >= 0.6 is 11.6 Å². The maximum atomic E-state index is 12.5. The molecule has 2 N–H and O–H groups in total. The number of aromatic carboxylic acids is 1. The van der Waals surface area contributed by atoms with Crippen LogP contribution in [0, 0.1) is 5.41 Å². The van der Waals surface area contributed by atoms with Gasteiger partial charge in [0.05, 0.1) is 11.3 Å². The Labute approximate surface area is 123 Å². The maximum absolute atomic E-state index is 12.5. The van der Waals surface area contributed by atoms with Gasteiger partial charge in [-0.05, 0) is 37.5 Å². The van der Waals surface area contributed by atoms with Gasteiger partial charge in [-0.15, -0.1) is 0 Å². The molecule has 0 radical (unpaired) electrons. The fourth-order valence-electron chi connectivity index (χ4n) is 2.85. The second-order valence-corrected chi connectivity index (χ2v) is 5.73. The molecule has 1 saturated carbocycles. The largest absolute Gasteiger partial charge is 0.478 e. The highest BCUT2D eigenvalue weighted by Gasteiger charge is 2.39. The van der Waals surface area contributed by atoms with Crippen molar-refractivity contribution in [1.82, 2.24) is 0 Å². The third-order valence-corrected chi connectivity index (χ3v) is 4.41. The molecule has 2 rings (SSSR count). The van der Waals surface area contributed by atoms with Crippen LogP contribution in [0.1, 0.15) is 49.4 Å². The molecule has 0 aromatic heterocycles. The molecule has 0 spiro atoms. The van der Waals surface area contributed by atoms with Crippen molar-refractivity contribution in [3.63, 3.8) is 0 Å². The zero-order valence-corrected chi connectivity index (χ0v) is 12.2. The predicted molar refractivity (Wildman–Crippen MR) is 78.2 cm³/mol. The summed E-state index contributed by atoms with van der Waals surface area (Å²) in [6.45, 7) is 2.00. The minimum absolute atomic E-state index is 0.0620. The van der Waals surface area contributed by atoms with Gasteiger partial charge in [-0.3, -0.25) is 4.79 Å². The van der Waals surface area contributed by atoms with Gasteiger partial charge in [0.1, 0.15) is 0 Å². The summed E-state index contributed by atoms with van der Waals surface area (Å²) in [7, 11) is 0. The van der Waals surface area contributed by atoms with E-state index in [-0.39, 0.29) is 22.6 Å². The highest BCUT2D eigenvalue weighted by atomic mass is 35.5. The number of hydrogen-bond donors (Lipinski definition) is 2. The Hall–Kier alpha value is -1.55. The molecule has 1 aliphatic carbocycles. The van der Waals surface area contributed by atoms with E-state index in [0.717, 1.165) is 32.1 Å². The monoisotopic (exact) mass is 295 g/mol. The zero-order valence-electron chi connectivity index (χ0n) is 11.4. The van der Waals surface area contributed by atoms with Crippen LogP contribution < -0.4 is 5.32 Å². The minimum atomic E-state index is -1.08. The summed E-state index contributed by atoms with van der Waals surface area (Å²) >= 11 is 5.89. The summed E-state index contributed by atoms with van der Waals surface area (Å²) in [5.74, 6) is -1.17. The van der Waals surface area contributed by atoms with Gasteiger partial charge in [0.15, 0.2) is 0 Å². The van der Waals surface area contributed by atoms with Gasteiger partial charge in [-0.1, -0.05) is 31.4 Å². The van der Waals surface area contributed by atoms with E-state index in [0.29, 0.717) is 5.02 Å². The molecular weight excluding hydrogens is 278 g/mol. The molecule has 0 bridgehead atoms. The molecule has 20 heavy (non-hydrogen) atoms. The summed E-state index contributed by atoms with van der Waals surface area (Å²) in [6, 6.07) is 4.40. The number of anilines is 1. The van der Waals surface area contributed by atoms with E-state index in [1.165, 1.54) is 18.2 Å². The van der Waals surface area contributed by atoms with Crippen molar-refractivity contribution in [1.29, 1.82) is 0 Å². The number of carbonyl (C=O) groups is 2. The van der Waals surface area contributed by atoms with Crippen LogP contribution in [0.5, 0.6) is 0 Å². The summed E-state index contributed by atoms with van der Waals surface area (Å²) < 4.78 is 0. The van der Waals surface area contributed by atoms with Crippen molar-refractivity contribution in [2.45, 2.75) is 39.0 Å². The van der Waals surface area contributed by atoms with Crippen molar-refractivity contribution in [3.05, 3.63) is 28.8 Å². The predicted octanol–water partition coefficient (Wildman–Crippen LogP) is 3.95. The van der Waals surface area contributed by atoms with Gasteiger partial charge in [-0.25, -0.2) is 4.79 Å². The number of carbonyl (C=O) groups excluding carboxylic acids is 1. The molecular formula is C15H18ClNO3. The normalized spacial score (nSPS) is 16.9. The van der Waals surface area contributed by atoms with Crippen LogP contribution in [0.15, 0.2) is 18.2 Å². The Morgan fingerprint density at radius 3 is 2.55 bits per heavy atom. The Morgan fingerprint density at radius 2 is 2.00 bits per heavy atom. The Kier molecular flexibility index (Phi) is 4.33. The first-order valence-electron chi connectivity index (χ1n) is 6.83. The highest BCUT2D eigenvalue weighted by molar-refractivity contribution is 6.31. The van der Waals surface area contributed by atoms with Crippen LogP contribution in [0.3, 0.4) is 0 Å². The number of hydrogen-bond acceptors (Lipinski definition) is 2. The van der Waals surface area contributed by atoms with Crippen LogP contribution in [0.2, 0.25) is 5.02 Å². The molecule has 0 saturated heterocycles. The second-order valence-electron chi connectivity index (χ2n) is 5.29. The molecule has 1 aromatic rings. The molecule has 5 heteroatoms. The van der Waals surface area contributed by atoms with Crippen LogP contribution in [0.25, 0.3) is 0 Å². The summed E-state index contributed by atoms with van der Waals surface area (Å²) in [6.07, 6.45) is 4.57. The highest BCUT2D eigenvalue weighted by Crippen LogP contribution is 2.42. The van der Waals surface area contributed by atoms with Gasteiger partial charge in [0.25, 0.3) is 0 Å². The van der Waals surface area contributed by atoms with Gasteiger partial charge < -0.3 is 10.4 Å². The second kappa shape index (κ2) is 5.83. The SMILES string of the molecule is CCC1(C(=O)Nc2cc(Cl)ccc2C(=O)O)CCCC1. The van der Waals surface area contributed by atoms with Crippen LogP contribution in [0.4, 0.5) is 5.69 Å². The lowest BCUT2D eigenvalue weighted by molar-refractivity contribution is -0.125. The van der Waals surface area contributed by atoms with Crippen molar-refractivity contribution in [3.8, 4) is 0 Å². The average Bonchev–Trinajstić information content (AvgIpc) is 2.88. The quantitative estimate of drug-likeness (QED) is 0.884. The smallest absolute Gasteiger partial charge is 0.337 e. The number of halogens is 1. The van der Waals surface area contributed by atoms with Crippen LogP contribution in [-0.4, -0.2) is 17.0 Å². The Bertz CT molecular complexity index is 536. The van der Waals surface area contributed by atoms with Crippen molar-refractivity contribution in [2.24, 2.45) is 5.41 Å². The van der Waals surface area contributed by atoms with Crippen LogP contribution in [-0.2, 0) is 4.79 Å². The summed E-state index contributed by atoms with van der Waals surface area (Å²) in [5, 5.41) is 12.3. The third kappa shape index (κ3) is 2.80. The fraction of sp³-hybridized carbons (Fsp3) is 0.467. The molecule has 1 fully saturated rings. The Balaban J connectivity index is 2.27. The first-order chi connectivity index (χ1) is 9.48. The number of rotatable bonds is 4. The van der Waals surface area contributed by atoms with Gasteiger partial charge in [-0.2, -0.15) is 0 Å². The summed E-state index contributed by atoms with van der Waals surface area (Å²) in [5.41, 5.74) is -0.0281. The first kappa shape index (κ1) is 14.9. The van der Waals surface area contributed by atoms with E-state index in [1.807, 2.05) is 6.92 Å². The molecule has 0 unspecified atom stereocenters. The van der Waals surface area contributed by atoms with E-state index in [4.69, 9.17) is 16.7 Å². The number of amides is 1. The molecule has 4 nitrogen and oxygen atoms in total. The van der Waals surface area contributed by atoms with Gasteiger partial charge in [0, 0.05) is 10.4 Å². The third-order valence-electron chi connectivity index (χ3n) is 4.18. The lowest BCUT2D eigenvalue weighted by Gasteiger charge is -2.26. The number of carboxylic acids is 1. The molecule has 108 valence electrons. The molecule has 1 amide bonds. The fourth-order valence-corrected chi connectivity index (χ4v) is 3.03. The minimum Gasteiger partial charge on any atom is -0.478 e. The molecule has 1 aliphatic rings. The van der Waals surface area contributed by atoms with Gasteiger partial charge in [0.2, 0.25) is 5.91 Å². The van der Waals surface area contributed by atoms with E-state index in [2.05, 4.69) is 5.32 Å². The summed E-state index contributed by atoms with van der Waals surface area (Å²) in [4.78, 5) is 23.7. The van der Waals surface area contributed by atoms with E-state index < -0.39 is 5.97 Å².